The maximum atomic E-state index is 14.8. The van der Waals surface area contributed by atoms with Gasteiger partial charge >= 0.3 is 6.18 Å². The van der Waals surface area contributed by atoms with Crippen molar-refractivity contribution in [3.63, 3.8) is 0 Å². The number of alkyl halides is 3. The fourth-order valence-electron chi connectivity index (χ4n) is 4.52. The maximum Gasteiger partial charge on any atom is 0.416 e. The molecule has 1 aromatic heterocycles. The predicted octanol–water partition coefficient (Wildman–Crippen LogP) is 6.28. The van der Waals surface area contributed by atoms with E-state index < -0.39 is 23.5 Å². The van der Waals surface area contributed by atoms with Gasteiger partial charge in [-0.05, 0) is 72.9 Å². The minimum atomic E-state index is -4.59. The van der Waals surface area contributed by atoms with Crippen molar-refractivity contribution in [2.24, 2.45) is 0 Å². The van der Waals surface area contributed by atoms with Gasteiger partial charge < -0.3 is 16.0 Å². The first-order valence-corrected chi connectivity index (χ1v) is 11.8. The number of carbonyl (C=O) groups excluding carboxylic acids is 1. The second-order valence-electron chi connectivity index (χ2n) is 8.93. The van der Waals surface area contributed by atoms with Gasteiger partial charge in [-0.1, -0.05) is 12.1 Å². The number of rotatable bonds is 4. The summed E-state index contributed by atoms with van der Waals surface area (Å²) < 4.78 is 55.1. The Balaban J connectivity index is 1.49. The topological polar surface area (TPSA) is 84.1 Å². The van der Waals surface area contributed by atoms with E-state index in [1.807, 2.05) is 4.90 Å². The third-order valence-electron chi connectivity index (χ3n) is 6.41. The molecule has 0 atom stereocenters. The average molecular weight is 510 g/mol. The number of nitrogens with one attached hydrogen (secondary N) is 1. The van der Waals surface area contributed by atoms with Crippen LogP contribution in [0, 0.1) is 5.82 Å². The van der Waals surface area contributed by atoms with Crippen LogP contribution in [0.1, 0.15) is 35.2 Å². The van der Waals surface area contributed by atoms with Crippen LogP contribution in [0.5, 0.6) is 0 Å². The highest BCUT2D eigenvalue weighted by Crippen LogP contribution is 2.37. The highest BCUT2D eigenvalue weighted by molar-refractivity contribution is 6.07. The Hall–Kier alpha value is -4.21. The molecule has 6 nitrogen and oxygen atoms in total. The van der Waals surface area contributed by atoms with Crippen molar-refractivity contribution in [3.05, 3.63) is 77.7 Å². The Morgan fingerprint density at radius 3 is 2.43 bits per heavy atom. The molecule has 37 heavy (non-hydrogen) atoms. The first kappa shape index (κ1) is 24.5. The summed E-state index contributed by atoms with van der Waals surface area (Å²) in [4.78, 5) is 23.2. The minimum Gasteiger partial charge on any atom is -0.370 e. The summed E-state index contributed by atoms with van der Waals surface area (Å²) in [5.74, 6) is -1.49. The Morgan fingerprint density at radius 2 is 1.68 bits per heavy atom. The number of anilines is 3. The van der Waals surface area contributed by atoms with E-state index in [1.165, 1.54) is 18.2 Å². The lowest BCUT2D eigenvalue weighted by molar-refractivity contribution is -0.137. The third kappa shape index (κ3) is 5.18. The Bertz CT molecular complexity index is 1480. The quantitative estimate of drug-likeness (QED) is 0.317. The van der Waals surface area contributed by atoms with Crippen LogP contribution in [-0.4, -0.2) is 29.0 Å². The van der Waals surface area contributed by atoms with Gasteiger partial charge in [-0.2, -0.15) is 13.2 Å². The molecule has 0 spiro atoms. The van der Waals surface area contributed by atoms with Crippen molar-refractivity contribution in [2.45, 2.75) is 25.4 Å². The van der Waals surface area contributed by atoms with E-state index in [1.54, 1.807) is 24.4 Å². The van der Waals surface area contributed by atoms with E-state index in [0.29, 0.717) is 40.8 Å². The summed E-state index contributed by atoms with van der Waals surface area (Å²) in [6.07, 6.45) is -0.197. The second-order valence-corrected chi connectivity index (χ2v) is 8.93. The third-order valence-corrected chi connectivity index (χ3v) is 6.41. The molecular weight excluding hydrogens is 486 g/mol. The second kappa shape index (κ2) is 9.68. The van der Waals surface area contributed by atoms with Crippen LogP contribution in [0.2, 0.25) is 0 Å². The van der Waals surface area contributed by atoms with Crippen LogP contribution in [0.15, 0.2) is 60.8 Å². The molecule has 1 amide bonds. The highest BCUT2D eigenvalue weighted by atomic mass is 19.4. The summed E-state index contributed by atoms with van der Waals surface area (Å²) in [7, 11) is 0. The predicted molar refractivity (Wildman–Crippen MR) is 135 cm³/mol. The monoisotopic (exact) mass is 509 g/mol. The number of fused-ring (bicyclic) bond motifs is 1. The molecule has 1 aliphatic rings. The van der Waals surface area contributed by atoms with E-state index in [9.17, 15) is 22.4 Å². The summed E-state index contributed by atoms with van der Waals surface area (Å²) in [5, 5.41) is 3.24. The SMILES string of the molecule is Nc1ncc2cc(-c3ccc(F)c(C(=O)Nc4cc(C(F)(F)F)ccc4N4CCCCC4)c3)ccc2n1. The van der Waals surface area contributed by atoms with Crippen LogP contribution in [0.25, 0.3) is 22.0 Å². The summed E-state index contributed by atoms with van der Waals surface area (Å²) >= 11 is 0. The van der Waals surface area contributed by atoms with Crippen molar-refractivity contribution in [1.29, 1.82) is 0 Å². The number of piperidine rings is 1. The Labute approximate surface area is 210 Å². The molecule has 10 heteroatoms. The molecule has 0 bridgehead atoms. The number of aromatic nitrogens is 2. The van der Waals surface area contributed by atoms with Gasteiger partial charge in [-0.15, -0.1) is 0 Å². The van der Waals surface area contributed by atoms with Crippen LogP contribution < -0.4 is 16.0 Å². The smallest absolute Gasteiger partial charge is 0.370 e. The summed E-state index contributed by atoms with van der Waals surface area (Å²) in [6, 6.07) is 12.6. The Morgan fingerprint density at radius 1 is 0.946 bits per heavy atom. The fraction of sp³-hybridized carbons (Fsp3) is 0.222. The number of hydrogen-bond acceptors (Lipinski definition) is 5. The molecule has 3 aromatic carbocycles. The number of hydrogen-bond donors (Lipinski definition) is 2. The van der Waals surface area contributed by atoms with Gasteiger partial charge in [-0.25, -0.2) is 14.4 Å². The largest absolute Gasteiger partial charge is 0.416 e. The molecule has 190 valence electrons. The number of benzene rings is 3. The van der Waals surface area contributed by atoms with Gasteiger partial charge in [0.2, 0.25) is 5.95 Å². The van der Waals surface area contributed by atoms with E-state index in [-0.39, 0.29) is 17.2 Å². The molecule has 1 aliphatic heterocycles. The van der Waals surface area contributed by atoms with Crippen molar-refractivity contribution < 1.29 is 22.4 Å². The molecule has 5 rings (SSSR count). The van der Waals surface area contributed by atoms with Crippen LogP contribution in [-0.2, 0) is 6.18 Å². The van der Waals surface area contributed by atoms with Crippen LogP contribution >= 0.6 is 0 Å². The van der Waals surface area contributed by atoms with Crippen LogP contribution in [0.3, 0.4) is 0 Å². The van der Waals surface area contributed by atoms with Crippen molar-refractivity contribution in [3.8, 4) is 11.1 Å². The lowest BCUT2D eigenvalue weighted by Gasteiger charge is -2.31. The highest BCUT2D eigenvalue weighted by Gasteiger charge is 2.32. The van der Waals surface area contributed by atoms with Crippen molar-refractivity contribution >= 4 is 34.1 Å². The molecule has 1 saturated heterocycles. The van der Waals surface area contributed by atoms with Crippen molar-refractivity contribution in [2.75, 3.05) is 29.0 Å². The molecule has 0 aliphatic carbocycles. The van der Waals surface area contributed by atoms with E-state index in [2.05, 4.69) is 15.3 Å². The Kier molecular flexibility index (Phi) is 6.41. The first-order chi connectivity index (χ1) is 17.7. The number of nitrogen functional groups attached to an aromatic ring is 1. The molecule has 0 radical (unpaired) electrons. The number of amides is 1. The zero-order chi connectivity index (χ0) is 26.2. The molecular formula is C27H23F4N5O. The standard InChI is InChI=1S/C27H23F4N5O/c28-21-7-4-17(16-5-8-22-18(12-16)15-33-26(32)35-22)13-20(21)25(37)34-23-14-19(27(29,30)31)6-9-24(23)36-10-2-1-3-11-36/h4-9,12-15H,1-3,10-11H2,(H,34,37)(H2,32,33,35). The van der Waals surface area contributed by atoms with Crippen molar-refractivity contribution in [1.82, 2.24) is 9.97 Å². The average Bonchev–Trinajstić information content (AvgIpc) is 2.88. The van der Waals surface area contributed by atoms with E-state index >= 15 is 0 Å². The van der Waals surface area contributed by atoms with Gasteiger partial charge in [-0.3, -0.25) is 4.79 Å². The van der Waals surface area contributed by atoms with Gasteiger partial charge in [0.1, 0.15) is 5.82 Å². The number of halogens is 4. The summed E-state index contributed by atoms with van der Waals surface area (Å²) in [6.45, 7) is 1.32. The van der Waals surface area contributed by atoms with Crippen LogP contribution in [0.4, 0.5) is 34.9 Å². The number of nitrogens with two attached hydrogens (primary N) is 1. The molecule has 4 aromatic rings. The van der Waals surface area contributed by atoms with E-state index in [4.69, 9.17) is 5.73 Å². The summed E-state index contributed by atoms with van der Waals surface area (Å²) in [5.41, 5.74) is 6.78. The van der Waals surface area contributed by atoms with Gasteiger partial charge in [0.25, 0.3) is 5.91 Å². The van der Waals surface area contributed by atoms with E-state index in [0.717, 1.165) is 37.5 Å². The molecule has 0 unspecified atom stereocenters. The molecule has 1 fully saturated rings. The number of carbonyl (C=O) groups is 1. The number of nitrogens with zero attached hydrogens (tertiary/aromatic N) is 3. The zero-order valence-corrected chi connectivity index (χ0v) is 19.6. The minimum absolute atomic E-state index is 0.00743. The van der Waals surface area contributed by atoms with Gasteiger partial charge in [0.15, 0.2) is 0 Å². The molecule has 2 heterocycles. The molecule has 3 N–H and O–H groups in total. The maximum absolute atomic E-state index is 14.8. The lowest BCUT2D eigenvalue weighted by Crippen LogP contribution is -2.30. The fourth-order valence-corrected chi connectivity index (χ4v) is 4.52. The zero-order valence-electron chi connectivity index (χ0n) is 19.6. The lowest BCUT2D eigenvalue weighted by atomic mass is 10.0. The first-order valence-electron chi connectivity index (χ1n) is 11.8. The molecule has 0 saturated carbocycles. The van der Waals surface area contributed by atoms with Gasteiger partial charge in [0.05, 0.1) is 28.0 Å². The normalized spacial score (nSPS) is 14.1. The van der Waals surface area contributed by atoms with Gasteiger partial charge in [0, 0.05) is 24.7 Å².